The first-order valence-corrected chi connectivity index (χ1v) is 10.7. The fourth-order valence-corrected chi connectivity index (χ4v) is 3.14. The summed E-state index contributed by atoms with van der Waals surface area (Å²) in [4.78, 5) is 39.3. The molecule has 1 atom stereocenters. The number of rotatable bonds is 3. The quantitative estimate of drug-likeness (QED) is 0.587. The SMILES string of the molecule is CC.CC1/C=C\CCNn2cc(C(=O)NCc3c(F)cc(F)cc3F)c(=O)c(O)c2C(=O)N1C. The lowest BCUT2D eigenvalue weighted by atomic mass is 10.1. The van der Waals surface area contributed by atoms with Crippen molar-refractivity contribution in [2.45, 2.75) is 39.8 Å². The molecule has 0 fully saturated rings. The van der Waals surface area contributed by atoms with Crippen LogP contribution in [0.5, 0.6) is 5.75 Å². The first-order chi connectivity index (χ1) is 16.1. The monoisotopic (exact) mass is 480 g/mol. The van der Waals surface area contributed by atoms with Crippen molar-refractivity contribution in [1.29, 1.82) is 0 Å². The van der Waals surface area contributed by atoms with Crippen molar-refractivity contribution in [1.82, 2.24) is 14.9 Å². The second-order valence-corrected chi connectivity index (χ2v) is 7.25. The zero-order valence-corrected chi connectivity index (χ0v) is 19.3. The topological polar surface area (TPSA) is 104 Å². The van der Waals surface area contributed by atoms with Gasteiger partial charge in [-0.1, -0.05) is 26.0 Å². The number of aromatic hydroxyl groups is 1. The van der Waals surface area contributed by atoms with Crippen molar-refractivity contribution in [2.75, 3.05) is 19.0 Å². The molecule has 0 bridgehead atoms. The molecule has 2 heterocycles. The zero-order valence-electron chi connectivity index (χ0n) is 19.3. The van der Waals surface area contributed by atoms with Crippen molar-refractivity contribution in [2.24, 2.45) is 0 Å². The number of hydrogen-bond donors (Lipinski definition) is 3. The molecule has 2 aromatic rings. The van der Waals surface area contributed by atoms with E-state index in [-0.39, 0.29) is 11.7 Å². The molecule has 11 heteroatoms. The molecule has 1 aliphatic heterocycles. The summed E-state index contributed by atoms with van der Waals surface area (Å²) >= 11 is 0. The van der Waals surface area contributed by atoms with Crippen LogP contribution in [0.2, 0.25) is 0 Å². The Morgan fingerprint density at radius 2 is 1.82 bits per heavy atom. The van der Waals surface area contributed by atoms with Crippen LogP contribution in [0.3, 0.4) is 0 Å². The number of likely N-dealkylation sites (N-methyl/N-ethyl adjacent to an activating group) is 1. The van der Waals surface area contributed by atoms with E-state index in [1.54, 1.807) is 13.0 Å². The summed E-state index contributed by atoms with van der Waals surface area (Å²) in [5.74, 6) is -6.17. The van der Waals surface area contributed by atoms with Gasteiger partial charge in [-0.05, 0) is 13.3 Å². The fraction of sp³-hybridized carbons (Fsp3) is 0.348. The van der Waals surface area contributed by atoms with Crippen LogP contribution in [0.1, 0.15) is 53.6 Å². The minimum Gasteiger partial charge on any atom is -0.502 e. The van der Waals surface area contributed by atoms with Gasteiger partial charge in [-0.15, -0.1) is 0 Å². The van der Waals surface area contributed by atoms with Gasteiger partial charge in [-0.2, -0.15) is 0 Å². The van der Waals surface area contributed by atoms with Gasteiger partial charge < -0.3 is 20.7 Å². The summed E-state index contributed by atoms with van der Waals surface area (Å²) in [6.07, 6.45) is 5.25. The van der Waals surface area contributed by atoms with Crippen molar-refractivity contribution in [3.8, 4) is 5.75 Å². The summed E-state index contributed by atoms with van der Waals surface area (Å²) in [6.45, 7) is 5.41. The average Bonchev–Trinajstić information content (AvgIpc) is 2.79. The van der Waals surface area contributed by atoms with Crippen LogP contribution < -0.4 is 16.2 Å². The number of hydrogen-bond acceptors (Lipinski definition) is 5. The third kappa shape index (κ3) is 5.59. The molecule has 3 rings (SSSR count). The summed E-state index contributed by atoms with van der Waals surface area (Å²) in [7, 11) is 1.50. The lowest BCUT2D eigenvalue weighted by molar-refractivity contribution is 0.0753. The van der Waals surface area contributed by atoms with E-state index in [0.717, 1.165) is 10.9 Å². The highest BCUT2D eigenvalue weighted by molar-refractivity contribution is 5.98. The molecule has 184 valence electrons. The largest absolute Gasteiger partial charge is 0.502 e. The lowest BCUT2D eigenvalue weighted by Gasteiger charge is -2.26. The van der Waals surface area contributed by atoms with Gasteiger partial charge in [0.25, 0.3) is 11.8 Å². The van der Waals surface area contributed by atoms with E-state index in [1.165, 1.54) is 11.9 Å². The Labute approximate surface area is 194 Å². The highest BCUT2D eigenvalue weighted by Gasteiger charge is 2.28. The maximum atomic E-state index is 13.8. The van der Waals surface area contributed by atoms with Crippen LogP contribution in [-0.2, 0) is 6.54 Å². The highest BCUT2D eigenvalue weighted by atomic mass is 19.1. The minimum atomic E-state index is -1.20. The fourth-order valence-electron chi connectivity index (χ4n) is 3.14. The molecule has 0 radical (unpaired) electrons. The van der Waals surface area contributed by atoms with Gasteiger partial charge in [0.2, 0.25) is 5.43 Å². The number of nitrogens with zero attached hydrogens (tertiary/aromatic N) is 2. The normalized spacial score (nSPS) is 16.5. The average molecular weight is 480 g/mol. The smallest absolute Gasteiger partial charge is 0.276 e. The van der Waals surface area contributed by atoms with Crippen LogP contribution in [0, 0.1) is 17.5 Å². The molecule has 1 unspecified atom stereocenters. The number of aromatic nitrogens is 1. The standard InChI is InChI=1S/C21H21F3N4O4.C2H6/c1-11-5-3-4-6-26-28-10-14(18(29)19(30)17(28)21(32)27(11)2)20(31)25-9-13-15(23)7-12(22)8-16(13)24;1-2/h3,5,7-8,10-11,26,30H,4,6,9H2,1-2H3,(H,25,31);1-2H3/b5-3-;. The van der Waals surface area contributed by atoms with E-state index >= 15 is 0 Å². The van der Waals surface area contributed by atoms with Gasteiger partial charge in [-0.25, -0.2) is 13.2 Å². The first kappa shape index (κ1) is 26.5. The van der Waals surface area contributed by atoms with Crippen LogP contribution in [0.25, 0.3) is 0 Å². The predicted octanol–water partition coefficient (Wildman–Crippen LogP) is 2.89. The minimum absolute atomic E-state index is 0.313. The Balaban J connectivity index is 0.00000199. The Morgan fingerprint density at radius 3 is 2.44 bits per heavy atom. The van der Waals surface area contributed by atoms with Crippen molar-refractivity contribution < 1.29 is 27.9 Å². The van der Waals surface area contributed by atoms with Gasteiger partial charge in [0.1, 0.15) is 23.0 Å². The summed E-state index contributed by atoms with van der Waals surface area (Å²) < 4.78 is 41.7. The van der Waals surface area contributed by atoms with Gasteiger partial charge in [-0.3, -0.25) is 19.1 Å². The maximum Gasteiger partial charge on any atom is 0.276 e. The Morgan fingerprint density at radius 1 is 1.21 bits per heavy atom. The van der Waals surface area contributed by atoms with Crippen LogP contribution in [0.4, 0.5) is 13.2 Å². The molecule has 8 nitrogen and oxygen atoms in total. The summed E-state index contributed by atoms with van der Waals surface area (Å²) in [5, 5.41) is 12.6. The summed E-state index contributed by atoms with van der Waals surface area (Å²) in [6, 6.07) is 0.611. The molecular formula is C23H27F3N4O4. The second-order valence-electron chi connectivity index (χ2n) is 7.25. The number of benzene rings is 1. The Hall–Kier alpha value is -3.76. The van der Waals surface area contributed by atoms with E-state index in [2.05, 4.69) is 10.7 Å². The predicted molar refractivity (Wildman–Crippen MR) is 121 cm³/mol. The van der Waals surface area contributed by atoms with E-state index in [1.807, 2.05) is 19.9 Å². The number of carbonyl (C=O) groups is 2. The van der Waals surface area contributed by atoms with Crippen molar-refractivity contribution >= 4 is 11.8 Å². The van der Waals surface area contributed by atoms with Crippen LogP contribution in [-0.4, -0.2) is 46.1 Å². The molecule has 0 aliphatic carbocycles. The molecule has 1 aromatic carbocycles. The second kappa shape index (κ2) is 11.4. The first-order valence-electron chi connectivity index (χ1n) is 10.7. The number of nitrogens with one attached hydrogen (secondary N) is 2. The Kier molecular flexibility index (Phi) is 8.88. The van der Waals surface area contributed by atoms with E-state index < -0.39 is 58.1 Å². The third-order valence-electron chi connectivity index (χ3n) is 5.10. The molecular weight excluding hydrogens is 453 g/mol. The number of halogens is 3. The molecule has 2 amide bonds. The molecule has 1 aliphatic rings. The van der Waals surface area contributed by atoms with Gasteiger partial charge in [0.05, 0.1) is 0 Å². The third-order valence-corrected chi connectivity index (χ3v) is 5.10. The van der Waals surface area contributed by atoms with Crippen molar-refractivity contribution in [3.05, 3.63) is 75.0 Å². The number of fused-ring (bicyclic) bond motifs is 1. The van der Waals surface area contributed by atoms with Crippen LogP contribution in [0.15, 0.2) is 35.3 Å². The highest BCUT2D eigenvalue weighted by Crippen LogP contribution is 2.18. The molecule has 1 aromatic heterocycles. The maximum absolute atomic E-state index is 13.8. The number of carbonyl (C=O) groups excluding carboxylic acids is 2. The Bertz CT molecular complexity index is 1140. The van der Waals surface area contributed by atoms with E-state index in [0.29, 0.717) is 25.1 Å². The molecule has 0 spiro atoms. The number of pyridine rings is 1. The molecule has 0 saturated heterocycles. The van der Waals surface area contributed by atoms with Gasteiger partial charge in [0.15, 0.2) is 11.4 Å². The van der Waals surface area contributed by atoms with Crippen LogP contribution >= 0.6 is 0 Å². The lowest BCUT2D eigenvalue weighted by Crippen LogP contribution is -2.40. The van der Waals surface area contributed by atoms with Gasteiger partial charge >= 0.3 is 0 Å². The van der Waals surface area contributed by atoms with Gasteiger partial charge in [0, 0.05) is 50.1 Å². The van der Waals surface area contributed by atoms with E-state index in [9.17, 15) is 32.7 Å². The molecule has 34 heavy (non-hydrogen) atoms. The molecule has 0 saturated carbocycles. The van der Waals surface area contributed by atoms with E-state index in [4.69, 9.17) is 0 Å². The molecule has 3 N–H and O–H groups in total. The zero-order chi connectivity index (χ0) is 25.6. The van der Waals surface area contributed by atoms with Crippen molar-refractivity contribution in [3.63, 3.8) is 0 Å². The summed E-state index contributed by atoms with van der Waals surface area (Å²) in [5.41, 5.74) is 0.200. The number of amides is 2.